The van der Waals surface area contributed by atoms with Crippen molar-refractivity contribution in [2.45, 2.75) is 52.7 Å². The van der Waals surface area contributed by atoms with Crippen LogP contribution in [0, 0.1) is 5.41 Å². The molecule has 3 nitrogen and oxygen atoms in total. The Morgan fingerprint density at radius 1 is 1.53 bits per heavy atom. The van der Waals surface area contributed by atoms with E-state index >= 15 is 0 Å². The Labute approximate surface area is 92.1 Å². The molecule has 0 aliphatic rings. The predicted molar refractivity (Wildman–Crippen MR) is 60.9 cm³/mol. The zero-order valence-electron chi connectivity index (χ0n) is 10.1. The first-order valence-electron chi connectivity index (χ1n) is 5.25. The number of carboxylic acids is 1. The number of hydrogen-bond donors (Lipinski definition) is 1. The van der Waals surface area contributed by atoms with Gasteiger partial charge in [-0.2, -0.15) is 0 Å². The fraction of sp³-hybridized carbons (Fsp3) is 0.750. The summed E-state index contributed by atoms with van der Waals surface area (Å²) in [6, 6.07) is 0. The Kier molecular flexibility index (Phi) is 5.58. The zero-order chi connectivity index (χ0) is 12.1. The number of ether oxygens (including phenoxy) is 1. The van der Waals surface area contributed by atoms with Crippen LogP contribution in [0.1, 0.15) is 40.5 Å². The van der Waals surface area contributed by atoms with Gasteiger partial charge >= 0.3 is 5.97 Å². The van der Waals surface area contributed by atoms with Gasteiger partial charge in [0.2, 0.25) is 0 Å². The molecule has 0 radical (unpaired) electrons. The zero-order valence-corrected chi connectivity index (χ0v) is 10.1. The van der Waals surface area contributed by atoms with Crippen LogP contribution in [0.4, 0.5) is 0 Å². The third kappa shape index (κ3) is 6.28. The molecule has 0 amide bonds. The van der Waals surface area contributed by atoms with E-state index in [0.29, 0.717) is 0 Å². The second kappa shape index (κ2) is 5.91. The summed E-state index contributed by atoms with van der Waals surface area (Å²) in [5.74, 6) is -0.825. The summed E-state index contributed by atoms with van der Waals surface area (Å²) in [5.41, 5.74) is 0.000946. The standard InChI is InChI=1S/C12H22O3/c1-6-7-10(12(3,4)5)15-9(2)8-11(13)14/h6,9-10H,1,7-8H2,2-5H3,(H,13,14)/t9-,10+/m1/s1. The number of aliphatic carboxylic acids is 1. The van der Waals surface area contributed by atoms with E-state index in [9.17, 15) is 4.79 Å². The molecule has 0 saturated heterocycles. The normalized spacial score (nSPS) is 15.7. The second-order valence-corrected chi connectivity index (χ2v) is 4.92. The molecule has 88 valence electrons. The molecule has 2 atom stereocenters. The van der Waals surface area contributed by atoms with Crippen LogP contribution in [0.3, 0.4) is 0 Å². The van der Waals surface area contributed by atoms with Crippen molar-refractivity contribution in [3.63, 3.8) is 0 Å². The van der Waals surface area contributed by atoms with Crippen molar-refractivity contribution in [2.24, 2.45) is 5.41 Å². The topological polar surface area (TPSA) is 46.5 Å². The molecule has 0 saturated carbocycles. The van der Waals surface area contributed by atoms with Gasteiger partial charge in [0, 0.05) is 0 Å². The molecule has 0 heterocycles. The van der Waals surface area contributed by atoms with Gasteiger partial charge < -0.3 is 9.84 Å². The quantitative estimate of drug-likeness (QED) is 0.691. The minimum Gasteiger partial charge on any atom is -0.481 e. The largest absolute Gasteiger partial charge is 0.481 e. The molecular formula is C12H22O3. The lowest BCUT2D eigenvalue weighted by Gasteiger charge is -2.32. The molecule has 0 aliphatic carbocycles. The lowest BCUT2D eigenvalue weighted by atomic mass is 9.87. The third-order valence-electron chi connectivity index (χ3n) is 2.21. The Morgan fingerprint density at radius 2 is 2.07 bits per heavy atom. The molecule has 0 fully saturated rings. The van der Waals surface area contributed by atoms with Gasteiger partial charge in [0.05, 0.1) is 18.6 Å². The first-order valence-corrected chi connectivity index (χ1v) is 5.25. The average Bonchev–Trinajstić information content (AvgIpc) is 2.00. The van der Waals surface area contributed by atoms with E-state index in [0.717, 1.165) is 6.42 Å². The number of carboxylic acid groups (broad SMARTS) is 1. The summed E-state index contributed by atoms with van der Waals surface area (Å²) >= 11 is 0. The lowest BCUT2D eigenvalue weighted by molar-refractivity contribution is -0.142. The van der Waals surface area contributed by atoms with Crippen LogP contribution >= 0.6 is 0 Å². The van der Waals surface area contributed by atoms with Crippen molar-refractivity contribution in [1.82, 2.24) is 0 Å². The van der Waals surface area contributed by atoms with Gasteiger partial charge in [-0.3, -0.25) is 4.79 Å². The van der Waals surface area contributed by atoms with Gasteiger partial charge in [0.25, 0.3) is 0 Å². The van der Waals surface area contributed by atoms with Crippen molar-refractivity contribution in [3.05, 3.63) is 12.7 Å². The molecule has 3 heteroatoms. The Bertz CT molecular complexity index is 215. The second-order valence-electron chi connectivity index (χ2n) is 4.92. The summed E-state index contributed by atoms with van der Waals surface area (Å²) in [5, 5.41) is 8.63. The fourth-order valence-corrected chi connectivity index (χ4v) is 1.34. The van der Waals surface area contributed by atoms with Gasteiger partial charge in [-0.05, 0) is 18.8 Å². The lowest BCUT2D eigenvalue weighted by Crippen LogP contribution is -2.32. The summed E-state index contributed by atoms with van der Waals surface area (Å²) in [7, 11) is 0. The van der Waals surface area contributed by atoms with E-state index in [1.807, 2.05) is 6.08 Å². The molecule has 0 unspecified atom stereocenters. The molecule has 0 aromatic rings. The Balaban J connectivity index is 4.28. The highest BCUT2D eigenvalue weighted by molar-refractivity contribution is 5.67. The number of hydrogen-bond acceptors (Lipinski definition) is 2. The van der Waals surface area contributed by atoms with Crippen LogP contribution < -0.4 is 0 Å². The van der Waals surface area contributed by atoms with E-state index in [4.69, 9.17) is 9.84 Å². The van der Waals surface area contributed by atoms with Crippen molar-refractivity contribution in [3.8, 4) is 0 Å². The van der Waals surface area contributed by atoms with E-state index in [1.54, 1.807) is 6.92 Å². The molecule has 1 N–H and O–H groups in total. The minimum atomic E-state index is -0.825. The van der Waals surface area contributed by atoms with Crippen LogP contribution in [-0.2, 0) is 9.53 Å². The van der Waals surface area contributed by atoms with E-state index in [-0.39, 0.29) is 24.0 Å². The monoisotopic (exact) mass is 214 g/mol. The van der Waals surface area contributed by atoms with Gasteiger partial charge in [-0.15, -0.1) is 6.58 Å². The molecule has 0 rings (SSSR count). The minimum absolute atomic E-state index is 0.000946. The fourth-order valence-electron chi connectivity index (χ4n) is 1.34. The molecule has 15 heavy (non-hydrogen) atoms. The summed E-state index contributed by atoms with van der Waals surface area (Å²) < 4.78 is 5.71. The van der Waals surface area contributed by atoms with Crippen molar-refractivity contribution in [1.29, 1.82) is 0 Å². The van der Waals surface area contributed by atoms with Crippen LogP contribution in [0.25, 0.3) is 0 Å². The highest BCUT2D eigenvalue weighted by atomic mass is 16.5. The predicted octanol–water partition coefficient (Wildman–Crippen LogP) is 2.86. The van der Waals surface area contributed by atoms with Crippen LogP contribution in [0.5, 0.6) is 0 Å². The number of rotatable bonds is 6. The first kappa shape index (κ1) is 14.2. The maximum absolute atomic E-state index is 10.5. The molecular weight excluding hydrogens is 192 g/mol. The van der Waals surface area contributed by atoms with Gasteiger partial charge in [-0.25, -0.2) is 0 Å². The highest BCUT2D eigenvalue weighted by Crippen LogP contribution is 2.26. The average molecular weight is 214 g/mol. The molecule has 0 spiro atoms. The van der Waals surface area contributed by atoms with Crippen molar-refractivity contribution >= 4 is 5.97 Å². The van der Waals surface area contributed by atoms with Gasteiger partial charge in [-0.1, -0.05) is 26.8 Å². The van der Waals surface area contributed by atoms with Gasteiger partial charge in [0.15, 0.2) is 0 Å². The van der Waals surface area contributed by atoms with E-state index in [1.165, 1.54) is 0 Å². The van der Waals surface area contributed by atoms with Crippen LogP contribution in [-0.4, -0.2) is 23.3 Å². The smallest absolute Gasteiger partial charge is 0.305 e. The van der Waals surface area contributed by atoms with Crippen molar-refractivity contribution < 1.29 is 14.6 Å². The van der Waals surface area contributed by atoms with E-state index < -0.39 is 5.97 Å². The Hall–Kier alpha value is -0.830. The van der Waals surface area contributed by atoms with Crippen LogP contribution in [0.15, 0.2) is 12.7 Å². The first-order chi connectivity index (χ1) is 6.77. The third-order valence-corrected chi connectivity index (χ3v) is 2.21. The molecule has 0 aliphatic heterocycles. The Morgan fingerprint density at radius 3 is 2.40 bits per heavy atom. The SMILES string of the molecule is C=CC[C@H](O[C@H](C)CC(=O)O)C(C)(C)C. The maximum Gasteiger partial charge on any atom is 0.305 e. The van der Waals surface area contributed by atoms with E-state index in [2.05, 4.69) is 27.4 Å². The highest BCUT2D eigenvalue weighted by Gasteiger charge is 2.26. The molecule has 0 bridgehead atoms. The van der Waals surface area contributed by atoms with Crippen LogP contribution in [0.2, 0.25) is 0 Å². The maximum atomic E-state index is 10.5. The summed E-state index contributed by atoms with van der Waals surface area (Å²) in [4.78, 5) is 10.5. The summed E-state index contributed by atoms with van der Waals surface area (Å²) in [6.07, 6.45) is 2.36. The van der Waals surface area contributed by atoms with Crippen molar-refractivity contribution in [2.75, 3.05) is 0 Å². The molecule has 0 aromatic carbocycles. The molecule has 0 aromatic heterocycles. The number of carbonyl (C=O) groups is 1. The van der Waals surface area contributed by atoms with Gasteiger partial charge in [0.1, 0.15) is 0 Å². The summed E-state index contributed by atoms with van der Waals surface area (Å²) in [6.45, 7) is 11.7.